The summed E-state index contributed by atoms with van der Waals surface area (Å²) in [5, 5.41) is 10.9. The fraction of sp³-hybridized carbons (Fsp3) is 0.167. The molecule has 0 aliphatic carbocycles. The SMILES string of the molecule is CC(C)c1cc2c(cc1-c1ccccc1)c(=O)c1ccc(Cl)c(Br)c1n2CC(=O)O. The van der Waals surface area contributed by atoms with Crippen LogP contribution in [0, 0.1) is 0 Å². The lowest BCUT2D eigenvalue weighted by Crippen LogP contribution is -2.17. The molecule has 0 bridgehead atoms. The van der Waals surface area contributed by atoms with Crippen LogP contribution in [0.5, 0.6) is 0 Å². The zero-order chi connectivity index (χ0) is 21.6. The number of fused-ring (bicyclic) bond motifs is 2. The molecule has 4 nitrogen and oxygen atoms in total. The monoisotopic (exact) mass is 483 g/mol. The maximum atomic E-state index is 13.4. The Labute approximate surface area is 186 Å². The molecule has 4 aromatic rings. The van der Waals surface area contributed by atoms with Gasteiger partial charge >= 0.3 is 5.97 Å². The molecule has 152 valence electrons. The van der Waals surface area contributed by atoms with Gasteiger partial charge in [0.25, 0.3) is 0 Å². The van der Waals surface area contributed by atoms with E-state index >= 15 is 0 Å². The lowest BCUT2D eigenvalue weighted by Gasteiger charge is -2.20. The van der Waals surface area contributed by atoms with Gasteiger partial charge in [-0.3, -0.25) is 9.59 Å². The largest absolute Gasteiger partial charge is 0.480 e. The topological polar surface area (TPSA) is 59.3 Å². The number of halogens is 2. The molecule has 0 fully saturated rings. The average Bonchev–Trinajstić information content (AvgIpc) is 2.72. The Morgan fingerprint density at radius 3 is 2.43 bits per heavy atom. The quantitative estimate of drug-likeness (QED) is 0.339. The minimum atomic E-state index is -0.994. The molecular weight excluding hydrogens is 466 g/mol. The fourth-order valence-corrected chi connectivity index (χ4v) is 4.62. The molecule has 0 saturated carbocycles. The minimum absolute atomic E-state index is 0.147. The smallest absolute Gasteiger partial charge is 0.323 e. The second-order valence-electron chi connectivity index (χ2n) is 7.54. The number of hydrogen-bond donors (Lipinski definition) is 1. The summed E-state index contributed by atoms with van der Waals surface area (Å²) in [5.41, 5.74) is 3.97. The van der Waals surface area contributed by atoms with E-state index in [2.05, 4.69) is 29.8 Å². The van der Waals surface area contributed by atoms with Crippen molar-refractivity contribution in [3.8, 4) is 11.1 Å². The van der Waals surface area contributed by atoms with Gasteiger partial charge in [0.05, 0.1) is 20.5 Å². The number of rotatable bonds is 4. The molecule has 0 radical (unpaired) electrons. The summed E-state index contributed by atoms with van der Waals surface area (Å²) in [4.78, 5) is 25.1. The number of carbonyl (C=O) groups is 1. The molecule has 0 spiro atoms. The van der Waals surface area contributed by atoms with Crippen LogP contribution in [0.4, 0.5) is 0 Å². The van der Waals surface area contributed by atoms with E-state index in [1.165, 1.54) is 0 Å². The molecule has 0 saturated heterocycles. The second-order valence-corrected chi connectivity index (χ2v) is 8.74. The van der Waals surface area contributed by atoms with Crippen molar-refractivity contribution < 1.29 is 9.90 Å². The van der Waals surface area contributed by atoms with E-state index in [9.17, 15) is 14.7 Å². The van der Waals surface area contributed by atoms with Crippen LogP contribution in [0.1, 0.15) is 25.3 Å². The van der Waals surface area contributed by atoms with Crippen molar-refractivity contribution in [1.29, 1.82) is 0 Å². The average molecular weight is 485 g/mol. The summed E-state index contributed by atoms with van der Waals surface area (Å²) in [6, 6.07) is 17.0. The van der Waals surface area contributed by atoms with E-state index in [0.29, 0.717) is 31.3 Å². The predicted molar refractivity (Wildman–Crippen MR) is 126 cm³/mol. The fourth-order valence-electron chi connectivity index (χ4n) is 3.91. The first kappa shape index (κ1) is 20.6. The molecule has 4 rings (SSSR count). The van der Waals surface area contributed by atoms with E-state index in [-0.39, 0.29) is 17.9 Å². The molecule has 0 amide bonds. The first-order valence-corrected chi connectivity index (χ1v) is 10.7. The molecule has 6 heteroatoms. The number of nitrogens with zero attached hydrogens (tertiary/aromatic N) is 1. The number of carboxylic acids is 1. The molecule has 30 heavy (non-hydrogen) atoms. The standard InChI is InChI=1S/C24H19BrClNO3/c1-13(2)16-11-20-18(10-17(16)14-6-4-3-5-7-14)24(30)15-8-9-19(26)22(25)23(15)27(20)12-21(28)29/h3-11,13H,12H2,1-2H3,(H,28,29). The van der Waals surface area contributed by atoms with Gasteiger partial charge in [-0.25, -0.2) is 0 Å². The van der Waals surface area contributed by atoms with Gasteiger partial charge in [0.15, 0.2) is 5.43 Å². The van der Waals surface area contributed by atoms with Crippen LogP contribution in [-0.2, 0) is 11.3 Å². The van der Waals surface area contributed by atoms with Crippen LogP contribution in [0.3, 0.4) is 0 Å². The highest BCUT2D eigenvalue weighted by Gasteiger charge is 2.20. The van der Waals surface area contributed by atoms with E-state index in [4.69, 9.17) is 11.6 Å². The molecule has 3 aromatic carbocycles. The van der Waals surface area contributed by atoms with E-state index < -0.39 is 5.97 Å². The van der Waals surface area contributed by atoms with Crippen LogP contribution >= 0.6 is 27.5 Å². The van der Waals surface area contributed by atoms with Crippen molar-refractivity contribution in [2.45, 2.75) is 26.3 Å². The van der Waals surface area contributed by atoms with Gasteiger partial charge in [-0.1, -0.05) is 55.8 Å². The van der Waals surface area contributed by atoms with Crippen LogP contribution in [0.15, 0.2) is 63.9 Å². The normalized spacial score (nSPS) is 11.5. The second kappa shape index (κ2) is 7.89. The molecule has 0 aliphatic rings. The van der Waals surface area contributed by atoms with Crippen molar-refractivity contribution >= 4 is 55.3 Å². The molecule has 0 unspecified atom stereocenters. The number of hydrogen-bond acceptors (Lipinski definition) is 2. The van der Waals surface area contributed by atoms with Crippen LogP contribution in [-0.4, -0.2) is 15.6 Å². The van der Waals surface area contributed by atoms with Gasteiger partial charge in [-0.2, -0.15) is 0 Å². The predicted octanol–water partition coefficient (Wildman–Crippen LogP) is 6.45. The van der Waals surface area contributed by atoms with Gasteiger partial charge in [0.1, 0.15) is 6.54 Å². The minimum Gasteiger partial charge on any atom is -0.480 e. The van der Waals surface area contributed by atoms with Gasteiger partial charge in [0, 0.05) is 10.8 Å². The van der Waals surface area contributed by atoms with E-state index in [1.807, 2.05) is 42.5 Å². The Balaban J connectivity index is 2.23. The highest BCUT2D eigenvalue weighted by Crippen LogP contribution is 2.36. The summed E-state index contributed by atoms with van der Waals surface area (Å²) in [6.07, 6.45) is 0. The van der Waals surface area contributed by atoms with Gasteiger partial charge in [-0.15, -0.1) is 0 Å². The lowest BCUT2D eigenvalue weighted by molar-refractivity contribution is -0.137. The summed E-state index contributed by atoms with van der Waals surface area (Å²) in [6.45, 7) is 3.89. The summed E-state index contributed by atoms with van der Waals surface area (Å²) < 4.78 is 2.17. The third-order valence-corrected chi connectivity index (χ3v) is 6.63. The molecule has 0 atom stereocenters. The van der Waals surface area contributed by atoms with Crippen molar-refractivity contribution in [1.82, 2.24) is 4.57 Å². The van der Waals surface area contributed by atoms with Crippen LogP contribution in [0.2, 0.25) is 5.02 Å². The number of pyridine rings is 1. The maximum absolute atomic E-state index is 13.4. The van der Waals surface area contributed by atoms with Gasteiger partial charge in [0.2, 0.25) is 0 Å². The first-order chi connectivity index (χ1) is 14.3. The zero-order valence-corrected chi connectivity index (χ0v) is 18.8. The number of carboxylic acid groups (broad SMARTS) is 1. The van der Waals surface area contributed by atoms with Crippen molar-refractivity contribution in [3.05, 3.63) is 79.9 Å². The zero-order valence-electron chi connectivity index (χ0n) is 16.4. The Morgan fingerprint density at radius 1 is 1.10 bits per heavy atom. The number of aliphatic carboxylic acids is 1. The summed E-state index contributed by atoms with van der Waals surface area (Å²) in [5.74, 6) is -0.817. The third kappa shape index (κ3) is 3.42. The molecular formula is C24H19BrClNO3. The number of aromatic nitrogens is 1. The Bertz CT molecular complexity index is 1360. The highest BCUT2D eigenvalue weighted by molar-refractivity contribution is 9.10. The summed E-state index contributed by atoms with van der Waals surface area (Å²) in [7, 11) is 0. The molecule has 0 aliphatic heterocycles. The lowest BCUT2D eigenvalue weighted by atomic mass is 9.90. The number of benzene rings is 3. The van der Waals surface area contributed by atoms with Gasteiger partial charge < -0.3 is 9.67 Å². The maximum Gasteiger partial charge on any atom is 0.323 e. The van der Waals surface area contributed by atoms with Crippen LogP contribution in [0.25, 0.3) is 32.9 Å². The van der Waals surface area contributed by atoms with E-state index in [0.717, 1.165) is 16.7 Å². The Morgan fingerprint density at radius 2 is 1.80 bits per heavy atom. The van der Waals surface area contributed by atoms with Crippen molar-refractivity contribution in [2.24, 2.45) is 0 Å². The highest BCUT2D eigenvalue weighted by atomic mass is 79.9. The van der Waals surface area contributed by atoms with Crippen LogP contribution < -0.4 is 5.43 Å². The van der Waals surface area contributed by atoms with Crippen molar-refractivity contribution in [2.75, 3.05) is 0 Å². The summed E-state index contributed by atoms with van der Waals surface area (Å²) >= 11 is 9.73. The Hall–Kier alpha value is -2.63. The molecule has 1 heterocycles. The van der Waals surface area contributed by atoms with Gasteiger partial charge in [-0.05, 0) is 62.8 Å². The Kier molecular flexibility index (Phi) is 5.43. The molecule has 1 N–H and O–H groups in total. The van der Waals surface area contributed by atoms with E-state index in [1.54, 1.807) is 16.7 Å². The third-order valence-electron chi connectivity index (χ3n) is 5.29. The molecule has 1 aromatic heterocycles. The van der Waals surface area contributed by atoms with Crippen molar-refractivity contribution in [3.63, 3.8) is 0 Å². The first-order valence-electron chi connectivity index (χ1n) is 9.55.